The number of para-hydroxylation sites is 1. The van der Waals surface area contributed by atoms with Crippen LogP contribution in [-0.2, 0) is 11.2 Å². The molecular weight excluding hydrogens is 456 g/mol. The van der Waals surface area contributed by atoms with Gasteiger partial charge in [0.05, 0.1) is 12.5 Å². The van der Waals surface area contributed by atoms with Gasteiger partial charge in [-0.3, -0.25) is 4.79 Å². The zero-order chi connectivity index (χ0) is 25.4. The third kappa shape index (κ3) is 4.42. The molecule has 2 fully saturated rings. The molecule has 2 saturated heterocycles. The Bertz CT molecular complexity index is 1250. The van der Waals surface area contributed by atoms with Crippen LogP contribution in [0.3, 0.4) is 0 Å². The summed E-state index contributed by atoms with van der Waals surface area (Å²) in [7, 11) is 1.72. The Morgan fingerprint density at radius 2 is 1.89 bits per heavy atom. The van der Waals surface area contributed by atoms with Crippen molar-refractivity contribution in [3.8, 4) is 11.6 Å². The number of fused-ring (bicyclic) bond motifs is 1. The monoisotopic (exact) mass is 492 g/mol. The minimum Gasteiger partial charge on any atom is -0.496 e. The summed E-state index contributed by atoms with van der Waals surface area (Å²) >= 11 is 0. The number of aromatic hydroxyl groups is 1. The molecule has 3 aromatic rings. The van der Waals surface area contributed by atoms with Crippen LogP contribution in [0.1, 0.15) is 45.2 Å². The van der Waals surface area contributed by atoms with Crippen molar-refractivity contribution in [3.05, 3.63) is 36.0 Å². The van der Waals surface area contributed by atoms with E-state index in [0.29, 0.717) is 37.6 Å². The molecule has 9 nitrogen and oxygen atoms in total. The third-order valence-corrected chi connectivity index (χ3v) is 7.50. The number of hydrogen-bond donors (Lipinski definition) is 1. The number of amides is 1. The van der Waals surface area contributed by atoms with Gasteiger partial charge in [0.25, 0.3) is 0 Å². The van der Waals surface area contributed by atoms with E-state index in [1.165, 1.54) is 5.56 Å². The van der Waals surface area contributed by atoms with Crippen molar-refractivity contribution in [1.82, 2.24) is 19.4 Å². The van der Waals surface area contributed by atoms with Crippen LogP contribution in [0.2, 0.25) is 0 Å². The molecule has 1 atom stereocenters. The third-order valence-electron chi connectivity index (χ3n) is 7.50. The molecule has 192 valence electrons. The first kappa shape index (κ1) is 24.2. The van der Waals surface area contributed by atoms with Gasteiger partial charge >= 0.3 is 0 Å². The van der Waals surface area contributed by atoms with Crippen LogP contribution in [0.5, 0.6) is 11.6 Å². The number of rotatable bonds is 6. The number of carbonyl (C=O) groups excluding carboxylic acids is 1. The average molecular weight is 493 g/mol. The Labute approximate surface area is 212 Å². The van der Waals surface area contributed by atoms with Gasteiger partial charge in [0.2, 0.25) is 17.7 Å². The summed E-state index contributed by atoms with van der Waals surface area (Å²) in [5.74, 6) is 2.66. The molecule has 1 aromatic carbocycles. The fourth-order valence-electron chi connectivity index (χ4n) is 5.49. The van der Waals surface area contributed by atoms with Crippen molar-refractivity contribution in [1.29, 1.82) is 0 Å². The Morgan fingerprint density at radius 3 is 2.58 bits per heavy atom. The van der Waals surface area contributed by atoms with Gasteiger partial charge < -0.3 is 29.1 Å². The highest BCUT2D eigenvalue weighted by Gasteiger charge is 2.31. The van der Waals surface area contributed by atoms with Gasteiger partial charge in [-0.15, -0.1) is 0 Å². The Morgan fingerprint density at radius 1 is 1.14 bits per heavy atom. The molecule has 1 N–H and O–H groups in total. The van der Waals surface area contributed by atoms with Crippen LogP contribution in [0, 0.1) is 0 Å². The summed E-state index contributed by atoms with van der Waals surface area (Å²) in [6, 6.07) is 8.56. The smallest absolute Gasteiger partial charge is 0.228 e. The van der Waals surface area contributed by atoms with Crippen molar-refractivity contribution in [2.24, 2.45) is 0 Å². The molecule has 0 spiro atoms. The van der Waals surface area contributed by atoms with E-state index in [0.717, 1.165) is 42.8 Å². The van der Waals surface area contributed by atoms with Gasteiger partial charge in [0.1, 0.15) is 17.1 Å². The lowest BCUT2D eigenvalue weighted by Crippen LogP contribution is -2.48. The molecule has 2 aliphatic rings. The second-order valence-corrected chi connectivity index (χ2v) is 10.1. The van der Waals surface area contributed by atoms with Crippen molar-refractivity contribution in [2.75, 3.05) is 49.6 Å². The highest BCUT2D eigenvalue weighted by molar-refractivity contribution is 5.94. The van der Waals surface area contributed by atoms with E-state index in [1.54, 1.807) is 14.0 Å². The lowest BCUT2D eigenvalue weighted by atomic mass is 10.0. The van der Waals surface area contributed by atoms with Gasteiger partial charge in [-0.25, -0.2) is 4.98 Å². The Hall–Kier alpha value is -3.49. The maximum atomic E-state index is 11.8. The second kappa shape index (κ2) is 9.87. The lowest BCUT2D eigenvalue weighted by molar-refractivity contribution is -0.129. The highest BCUT2D eigenvalue weighted by Crippen LogP contribution is 2.39. The molecule has 5 rings (SSSR count). The number of carbonyl (C=O) groups is 1. The first-order valence-corrected chi connectivity index (χ1v) is 12.9. The molecular formula is C27H36N6O3. The number of methoxy groups -OCH3 is 1. The summed E-state index contributed by atoms with van der Waals surface area (Å²) in [6.07, 6.45) is 4.99. The number of benzene rings is 1. The van der Waals surface area contributed by atoms with Crippen LogP contribution >= 0.6 is 0 Å². The van der Waals surface area contributed by atoms with Gasteiger partial charge in [-0.1, -0.05) is 18.2 Å². The number of ether oxygens (including phenoxy) is 1. The predicted molar refractivity (Wildman–Crippen MR) is 141 cm³/mol. The van der Waals surface area contributed by atoms with Gasteiger partial charge in [-0.2, -0.15) is 4.98 Å². The Kier molecular flexibility index (Phi) is 6.64. The second-order valence-electron chi connectivity index (χ2n) is 10.1. The summed E-state index contributed by atoms with van der Waals surface area (Å²) in [4.78, 5) is 28.1. The topological polar surface area (TPSA) is 87.0 Å². The molecule has 1 unspecified atom stereocenters. The minimum atomic E-state index is 0.0922. The minimum absolute atomic E-state index is 0.0922. The SMILES string of the molecule is COc1ccccc1CC1CCCN1c1nc(N2CCN(C(C)=O)CC2)nc2c(O)n(C(C)C)cc12. The number of nitrogens with zero attached hydrogens (tertiary/aromatic N) is 6. The van der Waals surface area contributed by atoms with Gasteiger partial charge in [0, 0.05) is 57.9 Å². The van der Waals surface area contributed by atoms with Crippen LogP contribution in [0.4, 0.5) is 11.8 Å². The van der Waals surface area contributed by atoms with E-state index < -0.39 is 0 Å². The van der Waals surface area contributed by atoms with Crippen LogP contribution < -0.4 is 14.5 Å². The maximum Gasteiger partial charge on any atom is 0.228 e. The summed E-state index contributed by atoms with van der Waals surface area (Å²) < 4.78 is 7.49. The fourth-order valence-corrected chi connectivity index (χ4v) is 5.49. The van der Waals surface area contributed by atoms with Crippen molar-refractivity contribution in [3.63, 3.8) is 0 Å². The number of anilines is 2. The van der Waals surface area contributed by atoms with E-state index in [1.807, 2.05) is 41.6 Å². The predicted octanol–water partition coefficient (Wildman–Crippen LogP) is 3.61. The van der Waals surface area contributed by atoms with Crippen LogP contribution in [0.25, 0.3) is 10.9 Å². The van der Waals surface area contributed by atoms with Crippen molar-refractivity contribution >= 4 is 28.6 Å². The molecule has 2 aromatic heterocycles. The summed E-state index contributed by atoms with van der Waals surface area (Å²) in [5, 5.41) is 12.0. The number of hydrogen-bond acceptors (Lipinski definition) is 7. The molecule has 0 radical (unpaired) electrons. The average Bonchev–Trinajstić information content (AvgIpc) is 3.48. The number of piperazine rings is 1. The van der Waals surface area contributed by atoms with Gasteiger partial charge in [0.15, 0.2) is 0 Å². The molecule has 1 amide bonds. The number of aromatic nitrogens is 3. The molecule has 0 saturated carbocycles. The van der Waals surface area contributed by atoms with Crippen LogP contribution in [-0.4, -0.2) is 76.3 Å². The lowest BCUT2D eigenvalue weighted by Gasteiger charge is -2.35. The quantitative estimate of drug-likeness (QED) is 0.563. The van der Waals surface area contributed by atoms with E-state index >= 15 is 0 Å². The molecule has 4 heterocycles. The normalized spacial score (nSPS) is 18.5. The largest absolute Gasteiger partial charge is 0.496 e. The van der Waals surface area contributed by atoms with E-state index in [9.17, 15) is 9.90 Å². The molecule has 0 aliphatic carbocycles. The molecule has 2 aliphatic heterocycles. The fraction of sp³-hybridized carbons (Fsp3) is 0.519. The zero-order valence-electron chi connectivity index (χ0n) is 21.6. The van der Waals surface area contributed by atoms with E-state index in [-0.39, 0.29) is 23.9 Å². The van der Waals surface area contributed by atoms with Crippen molar-refractivity contribution in [2.45, 2.75) is 52.1 Å². The zero-order valence-corrected chi connectivity index (χ0v) is 21.6. The summed E-state index contributed by atoms with van der Waals surface area (Å²) in [5.41, 5.74) is 1.77. The maximum absolute atomic E-state index is 11.8. The first-order chi connectivity index (χ1) is 17.4. The van der Waals surface area contributed by atoms with Crippen LogP contribution in [0.15, 0.2) is 30.5 Å². The molecule has 0 bridgehead atoms. The summed E-state index contributed by atoms with van der Waals surface area (Å²) in [6.45, 7) is 9.23. The standard InChI is InChI=1S/C27H36N6O3/c1-18(2)33-17-22-24(26(33)35)28-27(31-14-12-30(13-15-31)19(3)34)29-25(22)32-11-7-9-21(32)16-20-8-5-6-10-23(20)36-4/h5-6,8,10,17-18,21,35H,7,9,11-16H2,1-4H3. The van der Waals surface area contributed by atoms with E-state index in [4.69, 9.17) is 14.7 Å². The van der Waals surface area contributed by atoms with Crippen molar-refractivity contribution < 1.29 is 14.6 Å². The Balaban J connectivity index is 1.54. The van der Waals surface area contributed by atoms with Gasteiger partial charge in [-0.05, 0) is 44.7 Å². The first-order valence-electron chi connectivity index (χ1n) is 12.9. The van der Waals surface area contributed by atoms with E-state index in [2.05, 4.69) is 21.9 Å². The molecule has 36 heavy (non-hydrogen) atoms. The molecule has 9 heteroatoms. The highest BCUT2D eigenvalue weighted by atomic mass is 16.5.